The fraction of sp³-hybridized carbons (Fsp3) is 0.333. The minimum absolute atomic E-state index is 0.131. The third-order valence-corrected chi connectivity index (χ3v) is 7.83. The maximum atomic E-state index is 13.6. The Labute approximate surface area is 233 Å². The topological polar surface area (TPSA) is 134 Å². The molecular weight excluding hydrogens is 538 g/mol. The molecule has 5 N–H and O–H groups in total. The number of fused-ring (bicyclic) bond motifs is 1. The van der Waals surface area contributed by atoms with Gasteiger partial charge in [0.1, 0.15) is 16.7 Å². The summed E-state index contributed by atoms with van der Waals surface area (Å²) in [6, 6.07) is 9.27. The van der Waals surface area contributed by atoms with Gasteiger partial charge in [-0.25, -0.2) is 18.7 Å². The van der Waals surface area contributed by atoms with Gasteiger partial charge in [-0.1, -0.05) is 11.8 Å². The number of halogens is 2. The molecule has 0 aliphatic carbocycles. The Hall–Kier alpha value is -3.81. The van der Waals surface area contributed by atoms with Crippen LogP contribution in [0.15, 0.2) is 52.5 Å². The van der Waals surface area contributed by atoms with Crippen LogP contribution >= 0.6 is 11.8 Å². The van der Waals surface area contributed by atoms with Crippen molar-refractivity contribution in [3.63, 3.8) is 0 Å². The molecule has 13 heteroatoms. The number of nitrogens with zero attached hydrogens (tertiary/aromatic N) is 4. The molecule has 0 spiro atoms. The zero-order valence-electron chi connectivity index (χ0n) is 21.5. The lowest BCUT2D eigenvalue weighted by Crippen LogP contribution is -2.30. The molecule has 40 heavy (non-hydrogen) atoms. The SMILES string of the molecule is N[C@H]1CCN(c2ccc(C(=O)Nc3n[nH]c4ncc(Sc5cc(F)cc(F)c5)nc34)c(NC3CCOCC3)c2)C1. The molecule has 0 radical (unpaired) electrons. The largest absolute Gasteiger partial charge is 0.381 e. The van der Waals surface area contributed by atoms with Gasteiger partial charge in [0.25, 0.3) is 5.91 Å². The molecule has 0 bridgehead atoms. The minimum atomic E-state index is -0.684. The van der Waals surface area contributed by atoms with E-state index < -0.39 is 11.6 Å². The van der Waals surface area contributed by atoms with Crippen molar-refractivity contribution in [3.8, 4) is 0 Å². The van der Waals surface area contributed by atoms with E-state index in [9.17, 15) is 13.6 Å². The summed E-state index contributed by atoms with van der Waals surface area (Å²) in [4.78, 5) is 24.9. The van der Waals surface area contributed by atoms with Gasteiger partial charge in [0.2, 0.25) is 0 Å². The Balaban J connectivity index is 1.26. The first-order chi connectivity index (χ1) is 19.4. The van der Waals surface area contributed by atoms with E-state index in [4.69, 9.17) is 10.5 Å². The van der Waals surface area contributed by atoms with E-state index in [1.165, 1.54) is 18.3 Å². The monoisotopic (exact) mass is 566 g/mol. The van der Waals surface area contributed by atoms with E-state index in [0.29, 0.717) is 39.9 Å². The molecule has 1 amide bonds. The number of ether oxygens (including phenoxy) is 1. The van der Waals surface area contributed by atoms with Gasteiger partial charge in [0, 0.05) is 60.7 Å². The first-order valence-electron chi connectivity index (χ1n) is 13.1. The third-order valence-electron chi connectivity index (χ3n) is 6.96. The summed E-state index contributed by atoms with van der Waals surface area (Å²) in [6.45, 7) is 2.97. The number of aromatic amines is 1. The predicted octanol–water partition coefficient (Wildman–Crippen LogP) is 4.16. The molecule has 208 valence electrons. The molecule has 2 aliphatic heterocycles. The van der Waals surface area contributed by atoms with Crippen molar-refractivity contribution in [2.45, 2.75) is 41.3 Å². The second kappa shape index (κ2) is 11.4. The van der Waals surface area contributed by atoms with Crippen molar-refractivity contribution in [2.24, 2.45) is 5.73 Å². The van der Waals surface area contributed by atoms with Gasteiger partial charge >= 0.3 is 0 Å². The van der Waals surface area contributed by atoms with Crippen molar-refractivity contribution >= 4 is 46.0 Å². The highest BCUT2D eigenvalue weighted by Crippen LogP contribution is 2.31. The highest BCUT2D eigenvalue weighted by molar-refractivity contribution is 7.99. The maximum absolute atomic E-state index is 13.6. The van der Waals surface area contributed by atoms with Crippen LogP contribution in [0, 0.1) is 11.6 Å². The lowest BCUT2D eigenvalue weighted by Gasteiger charge is -2.26. The fourth-order valence-corrected chi connectivity index (χ4v) is 5.76. The maximum Gasteiger partial charge on any atom is 0.259 e. The van der Waals surface area contributed by atoms with Crippen molar-refractivity contribution in [1.29, 1.82) is 0 Å². The molecule has 0 unspecified atom stereocenters. The Kier molecular flexibility index (Phi) is 7.50. The van der Waals surface area contributed by atoms with Crippen LogP contribution in [0.25, 0.3) is 11.2 Å². The molecule has 2 aromatic carbocycles. The first-order valence-corrected chi connectivity index (χ1v) is 13.9. The normalized spacial score (nSPS) is 17.9. The average Bonchev–Trinajstić information content (AvgIpc) is 3.54. The number of H-pyrrole nitrogens is 1. The van der Waals surface area contributed by atoms with Gasteiger partial charge in [-0.05, 0) is 49.6 Å². The Morgan fingerprint density at radius 3 is 2.67 bits per heavy atom. The molecule has 2 aromatic heterocycles. The number of aromatic nitrogens is 4. The number of nitrogens with one attached hydrogen (secondary N) is 3. The van der Waals surface area contributed by atoms with Gasteiger partial charge in [-0.2, -0.15) is 5.10 Å². The van der Waals surface area contributed by atoms with Gasteiger partial charge < -0.3 is 26.0 Å². The number of carbonyl (C=O) groups excluding carboxylic acids is 1. The fourth-order valence-electron chi connectivity index (χ4n) is 4.93. The molecular formula is C27H28F2N8O2S. The second-order valence-corrected chi connectivity index (χ2v) is 11.0. The molecule has 2 fully saturated rings. The van der Waals surface area contributed by atoms with Gasteiger partial charge in [0.15, 0.2) is 17.0 Å². The Morgan fingerprint density at radius 1 is 1.12 bits per heavy atom. The lowest BCUT2D eigenvalue weighted by atomic mass is 10.1. The summed E-state index contributed by atoms with van der Waals surface area (Å²) >= 11 is 1.05. The first kappa shape index (κ1) is 26.4. The van der Waals surface area contributed by atoms with Crippen LogP contribution in [0.5, 0.6) is 0 Å². The van der Waals surface area contributed by atoms with E-state index in [1.807, 2.05) is 12.1 Å². The molecule has 1 atom stereocenters. The lowest BCUT2D eigenvalue weighted by molar-refractivity contribution is 0.0904. The van der Waals surface area contributed by atoms with Gasteiger partial charge in [-0.15, -0.1) is 0 Å². The summed E-state index contributed by atoms with van der Waals surface area (Å²) < 4.78 is 32.8. The van der Waals surface area contributed by atoms with E-state index >= 15 is 0 Å². The molecule has 0 saturated carbocycles. The zero-order chi connectivity index (χ0) is 27.6. The number of nitrogens with two attached hydrogens (primary N) is 1. The van der Waals surface area contributed by atoms with Crippen LogP contribution in [0.2, 0.25) is 0 Å². The molecule has 4 heterocycles. The number of benzene rings is 2. The van der Waals surface area contributed by atoms with E-state index in [1.54, 1.807) is 6.07 Å². The molecule has 4 aromatic rings. The summed E-state index contributed by atoms with van der Waals surface area (Å²) in [6.07, 6.45) is 4.08. The van der Waals surface area contributed by atoms with Crippen molar-refractivity contribution in [3.05, 3.63) is 59.8 Å². The van der Waals surface area contributed by atoms with Crippen molar-refractivity contribution in [2.75, 3.05) is 41.8 Å². The van der Waals surface area contributed by atoms with Crippen LogP contribution in [-0.4, -0.2) is 64.5 Å². The highest BCUT2D eigenvalue weighted by atomic mass is 32.2. The highest BCUT2D eigenvalue weighted by Gasteiger charge is 2.24. The predicted molar refractivity (Wildman–Crippen MR) is 149 cm³/mol. The van der Waals surface area contributed by atoms with Gasteiger partial charge in [-0.3, -0.25) is 9.89 Å². The van der Waals surface area contributed by atoms with Crippen LogP contribution in [0.4, 0.5) is 26.0 Å². The third kappa shape index (κ3) is 5.86. The quantitative estimate of drug-likeness (QED) is 0.260. The number of hydrogen-bond donors (Lipinski definition) is 4. The molecule has 6 rings (SSSR count). The summed E-state index contributed by atoms with van der Waals surface area (Å²) in [5.41, 5.74) is 9.01. The molecule has 2 saturated heterocycles. The standard InChI is InChI=1S/C27H28F2N8O2S/c28-15-9-16(29)11-20(10-15)40-23-13-31-25-24(33-23)26(36-35-25)34-27(38)21-2-1-19(37-6-3-17(30)14-37)12-22(21)32-18-4-7-39-8-5-18/h1-2,9-13,17-18,32H,3-8,14,30H2,(H2,31,34,35,36,38)/t17-/m0/s1. The van der Waals surface area contributed by atoms with Crippen molar-refractivity contribution in [1.82, 2.24) is 20.2 Å². The summed E-state index contributed by atoms with van der Waals surface area (Å²) in [5.74, 6) is -1.53. The average molecular weight is 567 g/mol. The number of anilines is 3. The Bertz CT molecular complexity index is 1520. The van der Waals surface area contributed by atoms with Crippen LogP contribution < -0.4 is 21.3 Å². The number of carbonyl (C=O) groups is 1. The van der Waals surface area contributed by atoms with E-state index in [0.717, 1.165) is 61.6 Å². The summed E-state index contributed by atoms with van der Waals surface area (Å²) in [5, 5.41) is 13.8. The van der Waals surface area contributed by atoms with Crippen LogP contribution in [0.3, 0.4) is 0 Å². The minimum Gasteiger partial charge on any atom is -0.381 e. The van der Waals surface area contributed by atoms with Gasteiger partial charge in [0.05, 0.1) is 11.8 Å². The number of rotatable bonds is 7. The Morgan fingerprint density at radius 2 is 1.93 bits per heavy atom. The number of amides is 1. The smallest absolute Gasteiger partial charge is 0.259 e. The number of hydrogen-bond acceptors (Lipinski definition) is 9. The van der Waals surface area contributed by atoms with E-state index in [2.05, 4.69) is 35.7 Å². The zero-order valence-corrected chi connectivity index (χ0v) is 22.3. The van der Waals surface area contributed by atoms with Crippen LogP contribution in [0.1, 0.15) is 29.6 Å². The molecule has 10 nitrogen and oxygen atoms in total. The summed E-state index contributed by atoms with van der Waals surface area (Å²) in [7, 11) is 0. The van der Waals surface area contributed by atoms with Crippen molar-refractivity contribution < 1.29 is 18.3 Å². The van der Waals surface area contributed by atoms with Crippen LogP contribution in [-0.2, 0) is 4.74 Å². The second-order valence-electron chi connectivity index (χ2n) is 9.89. The van der Waals surface area contributed by atoms with E-state index in [-0.39, 0.29) is 23.8 Å². The molecule has 2 aliphatic rings.